The molecule has 0 radical (unpaired) electrons. The molecule has 27 heavy (non-hydrogen) atoms. The molecule has 1 amide bonds. The molecule has 2 aliphatic rings. The lowest BCUT2D eigenvalue weighted by Gasteiger charge is -2.29. The molecular formula is C17H20ClNO7S. The number of amides is 1. The van der Waals surface area contributed by atoms with Crippen molar-refractivity contribution in [2.24, 2.45) is 0 Å². The van der Waals surface area contributed by atoms with Gasteiger partial charge in [-0.05, 0) is 32.4 Å². The second-order valence-electron chi connectivity index (χ2n) is 6.42. The van der Waals surface area contributed by atoms with Gasteiger partial charge in [0.1, 0.15) is 0 Å². The number of fused-ring (bicyclic) bond motifs is 1. The normalized spacial score (nSPS) is 20.9. The van der Waals surface area contributed by atoms with Gasteiger partial charge in [0.05, 0.1) is 22.1 Å². The number of halogens is 1. The van der Waals surface area contributed by atoms with Crippen LogP contribution in [0.2, 0.25) is 5.02 Å². The van der Waals surface area contributed by atoms with Gasteiger partial charge in [0.15, 0.2) is 27.4 Å². The molecule has 0 aliphatic carbocycles. The minimum absolute atomic E-state index is 0.0121. The van der Waals surface area contributed by atoms with E-state index < -0.39 is 33.9 Å². The Labute approximate surface area is 162 Å². The molecule has 2 heterocycles. The van der Waals surface area contributed by atoms with Crippen molar-refractivity contribution in [3.8, 4) is 11.5 Å². The first-order chi connectivity index (χ1) is 12.7. The van der Waals surface area contributed by atoms with Crippen LogP contribution in [0.4, 0.5) is 0 Å². The summed E-state index contributed by atoms with van der Waals surface area (Å²) in [4.78, 5) is 26.5. The third kappa shape index (κ3) is 4.14. The molecule has 0 unspecified atom stereocenters. The van der Waals surface area contributed by atoms with Gasteiger partial charge in [0.2, 0.25) is 6.79 Å². The van der Waals surface area contributed by atoms with Gasteiger partial charge in [-0.25, -0.2) is 13.2 Å². The molecule has 0 spiro atoms. The predicted molar refractivity (Wildman–Crippen MR) is 96.9 cm³/mol. The van der Waals surface area contributed by atoms with Crippen molar-refractivity contribution in [2.45, 2.75) is 32.4 Å². The number of likely N-dealkylation sites (N-methyl/N-ethyl adjacent to an activating group) is 1. The van der Waals surface area contributed by atoms with Crippen LogP contribution in [0.1, 0.15) is 30.6 Å². The van der Waals surface area contributed by atoms with Crippen LogP contribution in [0.5, 0.6) is 11.5 Å². The van der Waals surface area contributed by atoms with E-state index >= 15 is 0 Å². The third-order valence-electron chi connectivity index (χ3n) is 4.57. The highest BCUT2D eigenvalue weighted by molar-refractivity contribution is 7.91. The summed E-state index contributed by atoms with van der Waals surface area (Å²) >= 11 is 6.06. The summed E-state index contributed by atoms with van der Waals surface area (Å²) in [6.45, 7) is 3.56. The van der Waals surface area contributed by atoms with E-state index in [0.29, 0.717) is 24.5 Å². The highest BCUT2D eigenvalue weighted by Gasteiger charge is 2.36. The standard InChI is InChI=1S/C17H20ClNO7S/c1-3-19(12-4-5-27(22,23)8-12)16(20)10(2)26-17(21)11-6-13(18)15-14(7-11)24-9-25-15/h6-7,10,12H,3-5,8-9H2,1-2H3/t10-,12-/m0/s1. The Bertz CT molecular complexity index is 870. The van der Waals surface area contributed by atoms with E-state index in [2.05, 4.69) is 0 Å². The first kappa shape index (κ1) is 19.8. The summed E-state index contributed by atoms with van der Waals surface area (Å²) in [5.41, 5.74) is 0.135. The topological polar surface area (TPSA) is 99.2 Å². The summed E-state index contributed by atoms with van der Waals surface area (Å²) in [5.74, 6) is -0.473. The lowest BCUT2D eigenvalue weighted by molar-refractivity contribution is -0.141. The number of ether oxygens (including phenoxy) is 3. The Kier molecular flexibility index (Phi) is 5.53. The SMILES string of the molecule is CCN(C(=O)[C@H](C)OC(=O)c1cc(Cl)c2c(c1)OCO2)[C@H]1CCS(=O)(=O)C1. The van der Waals surface area contributed by atoms with Crippen LogP contribution in [-0.2, 0) is 19.4 Å². The third-order valence-corrected chi connectivity index (χ3v) is 6.60. The zero-order chi connectivity index (χ0) is 19.8. The largest absolute Gasteiger partial charge is 0.454 e. The number of rotatable bonds is 5. The molecule has 10 heteroatoms. The zero-order valence-electron chi connectivity index (χ0n) is 14.9. The maximum Gasteiger partial charge on any atom is 0.339 e. The molecule has 1 saturated heterocycles. The highest BCUT2D eigenvalue weighted by Crippen LogP contribution is 2.40. The summed E-state index contributed by atoms with van der Waals surface area (Å²) in [5, 5.41) is 0.210. The van der Waals surface area contributed by atoms with Gasteiger partial charge in [-0.2, -0.15) is 0 Å². The maximum atomic E-state index is 12.7. The number of sulfone groups is 1. The summed E-state index contributed by atoms with van der Waals surface area (Å²) in [6.07, 6.45) is -0.676. The van der Waals surface area contributed by atoms with Crippen molar-refractivity contribution in [3.63, 3.8) is 0 Å². The number of hydrogen-bond donors (Lipinski definition) is 0. The zero-order valence-corrected chi connectivity index (χ0v) is 16.5. The minimum Gasteiger partial charge on any atom is -0.454 e. The molecule has 8 nitrogen and oxygen atoms in total. The number of carbonyl (C=O) groups is 2. The minimum atomic E-state index is -3.13. The quantitative estimate of drug-likeness (QED) is 0.671. The fourth-order valence-corrected chi connectivity index (χ4v) is 5.21. The second-order valence-corrected chi connectivity index (χ2v) is 9.06. The van der Waals surface area contributed by atoms with E-state index in [4.69, 9.17) is 25.8 Å². The van der Waals surface area contributed by atoms with Crippen molar-refractivity contribution in [3.05, 3.63) is 22.7 Å². The molecule has 1 fully saturated rings. The first-order valence-electron chi connectivity index (χ1n) is 8.53. The van der Waals surface area contributed by atoms with Crippen LogP contribution in [-0.4, -0.2) is 62.2 Å². The highest BCUT2D eigenvalue weighted by atomic mass is 35.5. The molecule has 1 aromatic rings. The number of carbonyl (C=O) groups excluding carboxylic acids is 2. The Morgan fingerprint density at radius 3 is 2.74 bits per heavy atom. The molecule has 148 valence electrons. The number of nitrogens with zero attached hydrogens (tertiary/aromatic N) is 1. The van der Waals surface area contributed by atoms with Gasteiger partial charge in [0.25, 0.3) is 5.91 Å². The number of hydrogen-bond acceptors (Lipinski definition) is 7. The van der Waals surface area contributed by atoms with Gasteiger partial charge >= 0.3 is 5.97 Å². The molecule has 0 aromatic heterocycles. The van der Waals surface area contributed by atoms with E-state index in [9.17, 15) is 18.0 Å². The van der Waals surface area contributed by atoms with Crippen LogP contribution in [0.25, 0.3) is 0 Å². The molecule has 0 bridgehead atoms. The molecule has 2 atom stereocenters. The smallest absolute Gasteiger partial charge is 0.339 e. The van der Waals surface area contributed by atoms with Crippen molar-refractivity contribution in [1.29, 1.82) is 0 Å². The summed E-state index contributed by atoms with van der Waals surface area (Å²) in [7, 11) is -3.13. The lowest BCUT2D eigenvalue weighted by Crippen LogP contribution is -2.46. The monoisotopic (exact) mass is 417 g/mol. The summed E-state index contributed by atoms with van der Waals surface area (Å²) in [6, 6.07) is 2.43. The number of esters is 1. The Morgan fingerprint density at radius 1 is 1.37 bits per heavy atom. The molecule has 3 rings (SSSR count). The van der Waals surface area contributed by atoms with Gasteiger partial charge < -0.3 is 19.1 Å². The van der Waals surface area contributed by atoms with Crippen LogP contribution in [0.15, 0.2) is 12.1 Å². The average Bonchev–Trinajstić information content (AvgIpc) is 3.21. The van der Waals surface area contributed by atoms with Crippen molar-refractivity contribution in [2.75, 3.05) is 24.8 Å². The van der Waals surface area contributed by atoms with Gasteiger partial charge in [-0.1, -0.05) is 11.6 Å². The van der Waals surface area contributed by atoms with E-state index in [-0.39, 0.29) is 28.9 Å². The molecule has 2 aliphatic heterocycles. The molecular weight excluding hydrogens is 398 g/mol. The summed E-state index contributed by atoms with van der Waals surface area (Å²) < 4.78 is 39.0. The van der Waals surface area contributed by atoms with Crippen LogP contribution >= 0.6 is 11.6 Å². The van der Waals surface area contributed by atoms with E-state index in [1.165, 1.54) is 24.0 Å². The fourth-order valence-electron chi connectivity index (χ4n) is 3.21. The van der Waals surface area contributed by atoms with E-state index in [1.54, 1.807) is 6.92 Å². The van der Waals surface area contributed by atoms with Gasteiger partial charge in [-0.15, -0.1) is 0 Å². The van der Waals surface area contributed by atoms with Crippen molar-refractivity contribution >= 4 is 33.3 Å². The molecule has 1 aromatic carbocycles. The van der Waals surface area contributed by atoms with Crippen molar-refractivity contribution < 1.29 is 32.2 Å². The van der Waals surface area contributed by atoms with Gasteiger partial charge in [-0.3, -0.25) is 4.79 Å². The van der Waals surface area contributed by atoms with E-state index in [1.807, 2.05) is 0 Å². The molecule has 0 saturated carbocycles. The Hall–Kier alpha value is -2.00. The maximum absolute atomic E-state index is 12.7. The predicted octanol–water partition coefficient (Wildman–Crippen LogP) is 1.65. The Morgan fingerprint density at radius 2 is 2.11 bits per heavy atom. The average molecular weight is 418 g/mol. The van der Waals surface area contributed by atoms with Crippen LogP contribution in [0.3, 0.4) is 0 Å². The van der Waals surface area contributed by atoms with Crippen LogP contribution < -0.4 is 9.47 Å². The second kappa shape index (κ2) is 7.55. The lowest BCUT2D eigenvalue weighted by atomic mass is 10.2. The Balaban J connectivity index is 1.69. The van der Waals surface area contributed by atoms with E-state index in [0.717, 1.165) is 0 Å². The van der Waals surface area contributed by atoms with Crippen molar-refractivity contribution in [1.82, 2.24) is 4.90 Å². The first-order valence-corrected chi connectivity index (χ1v) is 10.7. The molecule has 0 N–H and O–H groups in total. The number of benzene rings is 1. The van der Waals surface area contributed by atoms with Crippen LogP contribution in [0, 0.1) is 0 Å². The van der Waals surface area contributed by atoms with Gasteiger partial charge in [0, 0.05) is 12.6 Å². The fraction of sp³-hybridized carbons (Fsp3) is 0.529.